The standard InChI is InChI=1S/C22H21F2N5O2/c1-28-12-17(21(27-28)16-9-8-15(23)11-18(16)24)22(31)26-25-20(30)13-29-10-4-6-14-5-2-3-7-19(14)29/h2-3,5,7-9,11-12H,4,6,10,13H2,1H3,(H,25,30)(H,26,31). The van der Waals surface area contributed by atoms with Crippen LogP contribution in [0.25, 0.3) is 11.3 Å². The quantitative estimate of drug-likeness (QED) is 0.630. The van der Waals surface area contributed by atoms with Crippen LogP contribution in [0.3, 0.4) is 0 Å². The molecule has 0 saturated carbocycles. The van der Waals surface area contributed by atoms with Crippen molar-refractivity contribution in [1.29, 1.82) is 0 Å². The number of amides is 2. The summed E-state index contributed by atoms with van der Waals surface area (Å²) in [6.07, 6.45) is 3.31. The van der Waals surface area contributed by atoms with E-state index >= 15 is 0 Å². The van der Waals surface area contributed by atoms with Crippen molar-refractivity contribution >= 4 is 17.5 Å². The number of fused-ring (bicyclic) bond motifs is 1. The third-order valence-corrected chi connectivity index (χ3v) is 5.12. The van der Waals surface area contributed by atoms with Gasteiger partial charge in [0, 0.05) is 37.1 Å². The third kappa shape index (κ3) is 4.40. The minimum absolute atomic E-state index is 0.0107. The van der Waals surface area contributed by atoms with Gasteiger partial charge in [-0.3, -0.25) is 25.1 Å². The molecular weight excluding hydrogens is 404 g/mol. The third-order valence-electron chi connectivity index (χ3n) is 5.12. The van der Waals surface area contributed by atoms with Crippen LogP contribution >= 0.6 is 0 Å². The molecule has 2 N–H and O–H groups in total. The molecule has 0 aliphatic carbocycles. The highest BCUT2D eigenvalue weighted by Gasteiger charge is 2.22. The topological polar surface area (TPSA) is 79.3 Å². The number of nitrogens with one attached hydrogen (secondary N) is 2. The summed E-state index contributed by atoms with van der Waals surface area (Å²) in [5, 5.41) is 4.11. The van der Waals surface area contributed by atoms with Crippen molar-refractivity contribution < 1.29 is 18.4 Å². The van der Waals surface area contributed by atoms with Crippen LogP contribution < -0.4 is 15.8 Å². The van der Waals surface area contributed by atoms with Gasteiger partial charge in [0.15, 0.2) is 0 Å². The van der Waals surface area contributed by atoms with E-state index in [4.69, 9.17) is 0 Å². The lowest BCUT2D eigenvalue weighted by molar-refractivity contribution is -0.120. The number of aryl methyl sites for hydroxylation is 2. The predicted octanol–water partition coefficient (Wildman–Crippen LogP) is 2.58. The second-order valence-electron chi connectivity index (χ2n) is 7.35. The second kappa shape index (κ2) is 8.55. The molecule has 0 fully saturated rings. The van der Waals surface area contributed by atoms with Crippen LogP contribution in [0.5, 0.6) is 0 Å². The zero-order valence-electron chi connectivity index (χ0n) is 16.9. The Morgan fingerprint density at radius 1 is 1.13 bits per heavy atom. The summed E-state index contributed by atoms with van der Waals surface area (Å²) in [6, 6.07) is 10.9. The first-order valence-corrected chi connectivity index (χ1v) is 9.83. The molecule has 9 heteroatoms. The van der Waals surface area contributed by atoms with Crippen molar-refractivity contribution in [3.8, 4) is 11.3 Å². The lowest BCUT2D eigenvalue weighted by Gasteiger charge is -2.30. The first-order valence-electron chi connectivity index (χ1n) is 9.83. The number of anilines is 1. The molecule has 1 aliphatic rings. The highest BCUT2D eigenvalue weighted by atomic mass is 19.1. The summed E-state index contributed by atoms with van der Waals surface area (Å²) >= 11 is 0. The molecule has 3 aromatic rings. The van der Waals surface area contributed by atoms with E-state index < -0.39 is 17.5 Å². The smallest absolute Gasteiger partial charge is 0.273 e. The molecule has 1 aliphatic heterocycles. The Morgan fingerprint density at radius 2 is 1.94 bits per heavy atom. The van der Waals surface area contributed by atoms with E-state index in [1.54, 1.807) is 7.05 Å². The van der Waals surface area contributed by atoms with Crippen LogP contribution in [0.2, 0.25) is 0 Å². The Kier molecular flexibility index (Phi) is 5.66. The minimum Gasteiger partial charge on any atom is -0.362 e. The molecule has 2 aromatic carbocycles. The van der Waals surface area contributed by atoms with Crippen molar-refractivity contribution in [2.45, 2.75) is 12.8 Å². The first-order chi connectivity index (χ1) is 14.9. The zero-order chi connectivity index (χ0) is 22.0. The molecule has 0 spiro atoms. The van der Waals surface area contributed by atoms with Gasteiger partial charge in [0.1, 0.15) is 17.3 Å². The number of halogens is 2. The molecule has 0 radical (unpaired) electrons. The number of aromatic nitrogens is 2. The average Bonchev–Trinajstić information content (AvgIpc) is 3.14. The molecular formula is C22H21F2N5O2. The van der Waals surface area contributed by atoms with Gasteiger partial charge in [-0.1, -0.05) is 18.2 Å². The Bertz CT molecular complexity index is 1140. The Labute approximate surface area is 177 Å². The molecule has 31 heavy (non-hydrogen) atoms. The van der Waals surface area contributed by atoms with E-state index in [-0.39, 0.29) is 29.3 Å². The number of hydrogen-bond donors (Lipinski definition) is 2. The number of hydrazine groups is 1. The molecule has 7 nitrogen and oxygen atoms in total. The monoisotopic (exact) mass is 425 g/mol. The van der Waals surface area contributed by atoms with Crippen LogP contribution in [0.1, 0.15) is 22.3 Å². The Hall–Kier alpha value is -3.75. The number of carbonyl (C=O) groups excluding carboxylic acids is 2. The van der Waals surface area contributed by atoms with E-state index in [1.807, 2.05) is 29.2 Å². The van der Waals surface area contributed by atoms with Crippen LogP contribution in [-0.4, -0.2) is 34.7 Å². The molecule has 0 unspecified atom stereocenters. The maximum atomic E-state index is 14.2. The number of rotatable bonds is 4. The van der Waals surface area contributed by atoms with Gasteiger partial charge in [0.25, 0.3) is 11.8 Å². The van der Waals surface area contributed by atoms with Gasteiger partial charge in [-0.2, -0.15) is 5.10 Å². The van der Waals surface area contributed by atoms with E-state index in [0.29, 0.717) is 0 Å². The van der Waals surface area contributed by atoms with Crippen LogP contribution in [0.4, 0.5) is 14.5 Å². The number of para-hydroxylation sites is 1. The maximum absolute atomic E-state index is 14.2. The molecule has 0 bridgehead atoms. The van der Waals surface area contributed by atoms with Crippen molar-refractivity contribution in [3.05, 3.63) is 71.4 Å². The number of hydrogen-bond acceptors (Lipinski definition) is 4. The largest absolute Gasteiger partial charge is 0.362 e. The van der Waals surface area contributed by atoms with Crippen molar-refractivity contribution in [2.24, 2.45) is 7.05 Å². The highest BCUT2D eigenvalue weighted by Crippen LogP contribution is 2.27. The van der Waals surface area contributed by atoms with Crippen LogP contribution in [-0.2, 0) is 18.3 Å². The molecule has 160 valence electrons. The molecule has 2 heterocycles. The summed E-state index contributed by atoms with van der Waals surface area (Å²) in [6.45, 7) is 0.832. The highest BCUT2D eigenvalue weighted by molar-refractivity contribution is 6.00. The maximum Gasteiger partial charge on any atom is 0.273 e. The summed E-state index contributed by atoms with van der Waals surface area (Å²) in [5.74, 6) is -2.60. The summed E-state index contributed by atoms with van der Waals surface area (Å²) in [5.41, 5.74) is 7.04. The lowest BCUT2D eigenvalue weighted by atomic mass is 10.0. The Balaban J connectivity index is 1.44. The number of carbonyl (C=O) groups is 2. The van der Waals surface area contributed by atoms with E-state index in [1.165, 1.54) is 22.5 Å². The fraction of sp³-hybridized carbons (Fsp3) is 0.227. The predicted molar refractivity (Wildman–Crippen MR) is 111 cm³/mol. The van der Waals surface area contributed by atoms with Gasteiger partial charge in [-0.25, -0.2) is 8.78 Å². The van der Waals surface area contributed by atoms with Crippen molar-refractivity contribution in [1.82, 2.24) is 20.6 Å². The first kappa shape index (κ1) is 20.5. The molecule has 1 aromatic heterocycles. The normalized spacial score (nSPS) is 12.9. The Morgan fingerprint density at radius 3 is 2.74 bits per heavy atom. The average molecular weight is 425 g/mol. The van der Waals surface area contributed by atoms with Crippen LogP contribution in [0, 0.1) is 11.6 Å². The van der Waals surface area contributed by atoms with Crippen molar-refractivity contribution in [2.75, 3.05) is 18.0 Å². The zero-order valence-corrected chi connectivity index (χ0v) is 16.9. The lowest BCUT2D eigenvalue weighted by Crippen LogP contribution is -2.47. The van der Waals surface area contributed by atoms with Gasteiger partial charge in [-0.15, -0.1) is 0 Å². The van der Waals surface area contributed by atoms with Crippen molar-refractivity contribution in [3.63, 3.8) is 0 Å². The van der Waals surface area contributed by atoms with Gasteiger partial charge >= 0.3 is 0 Å². The second-order valence-corrected chi connectivity index (χ2v) is 7.35. The summed E-state index contributed by atoms with van der Waals surface area (Å²) in [4.78, 5) is 27.0. The van der Waals surface area contributed by atoms with E-state index in [0.717, 1.165) is 37.2 Å². The van der Waals surface area contributed by atoms with Crippen LogP contribution in [0.15, 0.2) is 48.7 Å². The van der Waals surface area contributed by atoms with Gasteiger partial charge in [0.2, 0.25) is 0 Å². The fourth-order valence-electron chi connectivity index (χ4n) is 3.72. The van der Waals surface area contributed by atoms with Gasteiger partial charge in [0.05, 0.1) is 12.1 Å². The van der Waals surface area contributed by atoms with E-state index in [2.05, 4.69) is 16.0 Å². The SMILES string of the molecule is Cn1cc(C(=O)NNC(=O)CN2CCCc3ccccc32)c(-c2ccc(F)cc2F)n1. The fourth-order valence-corrected chi connectivity index (χ4v) is 3.72. The molecule has 0 saturated heterocycles. The summed E-state index contributed by atoms with van der Waals surface area (Å²) < 4.78 is 28.8. The number of nitrogens with zero attached hydrogens (tertiary/aromatic N) is 3. The van der Waals surface area contributed by atoms with E-state index in [9.17, 15) is 18.4 Å². The molecule has 2 amide bonds. The van der Waals surface area contributed by atoms with Gasteiger partial charge in [-0.05, 0) is 36.6 Å². The van der Waals surface area contributed by atoms with Gasteiger partial charge < -0.3 is 4.90 Å². The molecule has 4 rings (SSSR count). The summed E-state index contributed by atoms with van der Waals surface area (Å²) in [7, 11) is 1.58. The minimum atomic E-state index is -0.833. The number of benzene rings is 2. The molecule has 0 atom stereocenters.